The Hall–Kier alpha value is -1.60. The highest BCUT2D eigenvalue weighted by atomic mass is 16.5. The normalized spacial score (nSPS) is 12.0. The molecule has 7 nitrogen and oxygen atoms in total. The first-order valence-electron chi connectivity index (χ1n) is 5.65. The second-order valence-electron chi connectivity index (χ2n) is 3.71. The zero-order valence-corrected chi connectivity index (χ0v) is 11.0. The molecule has 0 aliphatic rings. The number of nitrogens with one attached hydrogen (secondary N) is 1. The van der Waals surface area contributed by atoms with E-state index in [1.807, 2.05) is 0 Å². The van der Waals surface area contributed by atoms with Gasteiger partial charge in [0.2, 0.25) is 17.7 Å². The average molecular weight is 256 g/mol. The number of ether oxygens (including phenoxy) is 3. The fourth-order valence-electron chi connectivity index (χ4n) is 1.36. The number of rotatable bonds is 8. The second-order valence-corrected chi connectivity index (χ2v) is 3.71. The maximum absolute atomic E-state index is 5.81. The third-order valence-corrected chi connectivity index (χ3v) is 2.28. The summed E-state index contributed by atoms with van der Waals surface area (Å²) in [6.07, 6.45) is 0.761. The fourth-order valence-corrected chi connectivity index (χ4v) is 1.36. The molecule has 0 spiro atoms. The number of methoxy groups -OCH3 is 3. The van der Waals surface area contributed by atoms with Gasteiger partial charge in [0.1, 0.15) is 0 Å². The Kier molecular flexibility index (Phi) is 6.16. The van der Waals surface area contributed by atoms with Crippen LogP contribution in [0.5, 0.6) is 11.8 Å². The van der Waals surface area contributed by atoms with Crippen molar-refractivity contribution >= 4 is 5.95 Å². The molecule has 1 aromatic heterocycles. The van der Waals surface area contributed by atoms with Crippen LogP contribution in [-0.4, -0.2) is 50.5 Å². The Morgan fingerprint density at radius 3 is 2.33 bits per heavy atom. The van der Waals surface area contributed by atoms with Crippen LogP contribution in [0.25, 0.3) is 0 Å². The van der Waals surface area contributed by atoms with Crippen LogP contribution < -0.4 is 20.5 Å². The molecule has 18 heavy (non-hydrogen) atoms. The van der Waals surface area contributed by atoms with Gasteiger partial charge in [0.15, 0.2) is 0 Å². The SMILES string of the molecule is COCC(N)CCNc1nc(OC)cc(OC)n1. The summed E-state index contributed by atoms with van der Waals surface area (Å²) < 4.78 is 15.1. The van der Waals surface area contributed by atoms with Gasteiger partial charge in [-0.3, -0.25) is 0 Å². The van der Waals surface area contributed by atoms with Crippen LogP contribution in [0.4, 0.5) is 5.95 Å². The van der Waals surface area contributed by atoms with E-state index in [1.54, 1.807) is 27.4 Å². The van der Waals surface area contributed by atoms with Crippen LogP contribution in [0, 0.1) is 0 Å². The molecular formula is C11H20N4O3. The molecule has 7 heteroatoms. The predicted molar refractivity (Wildman–Crippen MR) is 68.1 cm³/mol. The standard InChI is InChI=1S/C11H20N4O3/c1-16-7-8(12)4-5-13-11-14-9(17-2)6-10(15-11)18-3/h6,8H,4-5,7,12H2,1-3H3,(H,13,14,15). The molecule has 102 valence electrons. The molecule has 0 saturated heterocycles. The average Bonchev–Trinajstić information content (AvgIpc) is 2.38. The lowest BCUT2D eigenvalue weighted by molar-refractivity contribution is 0.178. The molecule has 1 heterocycles. The first kappa shape index (κ1) is 14.5. The highest BCUT2D eigenvalue weighted by molar-refractivity contribution is 5.33. The minimum absolute atomic E-state index is 0.00463. The number of aromatic nitrogens is 2. The van der Waals surface area contributed by atoms with Crippen molar-refractivity contribution < 1.29 is 14.2 Å². The van der Waals surface area contributed by atoms with E-state index in [0.29, 0.717) is 30.9 Å². The summed E-state index contributed by atoms with van der Waals surface area (Å²) >= 11 is 0. The van der Waals surface area contributed by atoms with Crippen molar-refractivity contribution in [3.8, 4) is 11.8 Å². The Bertz CT molecular complexity index is 340. The van der Waals surface area contributed by atoms with E-state index in [0.717, 1.165) is 6.42 Å². The summed E-state index contributed by atoms with van der Waals surface area (Å²) in [5.41, 5.74) is 5.81. The molecule has 0 bridgehead atoms. The molecule has 0 saturated carbocycles. The quantitative estimate of drug-likeness (QED) is 0.689. The van der Waals surface area contributed by atoms with Gasteiger partial charge in [0.05, 0.1) is 26.9 Å². The van der Waals surface area contributed by atoms with Gasteiger partial charge in [-0.1, -0.05) is 0 Å². The lowest BCUT2D eigenvalue weighted by atomic mass is 10.2. The highest BCUT2D eigenvalue weighted by Gasteiger charge is 2.06. The van der Waals surface area contributed by atoms with Crippen LogP contribution in [0.2, 0.25) is 0 Å². The Morgan fingerprint density at radius 1 is 1.22 bits per heavy atom. The smallest absolute Gasteiger partial charge is 0.229 e. The van der Waals surface area contributed by atoms with Crippen LogP contribution in [0.3, 0.4) is 0 Å². The van der Waals surface area contributed by atoms with Gasteiger partial charge < -0.3 is 25.3 Å². The third-order valence-electron chi connectivity index (χ3n) is 2.28. The molecule has 1 atom stereocenters. The van der Waals surface area contributed by atoms with Crippen molar-refractivity contribution in [2.75, 3.05) is 39.8 Å². The van der Waals surface area contributed by atoms with Crippen molar-refractivity contribution in [1.82, 2.24) is 9.97 Å². The predicted octanol–water partition coefficient (Wildman–Crippen LogP) is 0.270. The first-order valence-corrected chi connectivity index (χ1v) is 5.65. The Labute approximate surface area is 107 Å². The van der Waals surface area contributed by atoms with Gasteiger partial charge in [0.25, 0.3) is 0 Å². The third kappa shape index (κ3) is 4.72. The largest absolute Gasteiger partial charge is 0.481 e. The molecular weight excluding hydrogens is 236 g/mol. The van der Waals surface area contributed by atoms with Crippen molar-refractivity contribution in [1.29, 1.82) is 0 Å². The van der Waals surface area contributed by atoms with Gasteiger partial charge >= 0.3 is 0 Å². The second kappa shape index (κ2) is 7.67. The van der Waals surface area contributed by atoms with E-state index < -0.39 is 0 Å². The highest BCUT2D eigenvalue weighted by Crippen LogP contribution is 2.17. The number of hydrogen-bond acceptors (Lipinski definition) is 7. The summed E-state index contributed by atoms with van der Waals surface area (Å²) in [5.74, 6) is 1.35. The molecule has 3 N–H and O–H groups in total. The van der Waals surface area contributed by atoms with Crippen molar-refractivity contribution in [2.45, 2.75) is 12.5 Å². The van der Waals surface area contributed by atoms with E-state index in [1.165, 1.54) is 0 Å². The Morgan fingerprint density at radius 2 is 1.83 bits per heavy atom. The van der Waals surface area contributed by atoms with E-state index in [4.69, 9.17) is 19.9 Å². The first-order chi connectivity index (χ1) is 8.69. The molecule has 0 aromatic carbocycles. The molecule has 1 rings (SSSR count). The van der Waals surface area contributed by atoms with Gasteiger partial charge in [-0.15, -0.1) is 0 Å². The topological polar surface area (TPSA) is 91.5 Å². The summed E-state index contributed by atoms with van der Waals surface area (Å²) in [5, 5.41) is 3.07. The monoisotopic (exact) mass is 256 g/mol. The summed E-state index contributed by atoms with van der Waals surface area (Å²) in [4.78, 5) is 8.29. The zero-order chi connectivity index (χ0) is 13.4. The summed E-state index contributed by atoms with van der Waals surface area (Å²) in [6, 6.07) is 1.61. The lowest BCUT2D eigenvalue weighted by Crippen LogP contribution is -2.28. The minimum atomic E-state index is -0.00463. The van der Waals surface area contributed by atoms with Crippen molar-refractivity contribution in [3.05, 3.63) is 6.07 Å². The van der Waals surface area contributed by atoms with Crippen LogP contribution >= 0.6 is 0 Å². The minimum Gasteiger partial charge on any atom is -0.481 e. The van der Waals surface area contributed by atoms with Gasteiger partial charge in [-0.2, -0.15) is 9.97 Å². The van der Waals surface area contributed by atoms with E-state index in [2.05, 4.69) is 15.3 Å². The van der Waals surface area contributed by atoms with E-state index >= 15 is 0 Å². The number of anilines is 1. The van der Waals surface area contributed by atoms with Crippen molar-refractivity contribution in [3.63, 3.8) is 0 Å². The van der Waals surface area contributed by atoms with Gasteiger partial charge in [0, 0.05) is 19.7 Å². The van der Waals surface area contributed by atoms with E-state index in [9.17, 15) is 0 Å². The molecule has 0 aliphatic carbocycles. The molecule has 0 aliphatic heterocycles. The molecule has 0 fully saturated rings. The summed E-state index contributed by atoms with van der Waals surface area (Å²) in [6.45, 7) is 1.19. The van der Waals surface area contributed by atoms with Gasteiger partial charge in [-0.25, -0.2) is 0 Å². The zero-order valence-electron chi connectivity index (χ0n) is 11.0. The van der Waals surface area contributed by atoms with Crippen molar-refractivity contribution in [2.24, 2.45) is 5.73 Å². The number of hydrogen-bond donors (Lipinski definition) is 2. The van der Waals surface area contributed by atoms with E-state index in [-0.39, 0.29) is 6.04 Å². The van der Waals surface area contributed by atoms with Crippen LogP contribution in [0.15, 0.2) is 6.07 Å². The summed E-state index contributed by atoms with van der Waals surface area (Å²) in [7, 11) is 4.71. The Balaban J connectivity index is 2.50. The van der Waals surface area contributed by atoms with Crippen LogP contribution in [-0.2, 0) is 4.74 Å². The lowest BCUT2D eigenvalue weighted by Gasteiger charge is -2.11. The maximum Gasteiger partial charge on any atom is 0.229 e. The molecule has 0 amide bonds. The number of nitrogens with zero attached hydrogens (tertiary/aromatic N) is 2. The molecule has 1 unspecified atom stereocenters. The fraction of sp³-hybridized carbons (Fsp3) is 0.636. The maximum atomic E-state index is 5.81. The molecule has 0 radical (unpaired) electrons. The van der Waals surface area contributed by atoms with Gasteiger partial charge in [-0.05, 0) is 6.42 Å². The molecule has 1 aromatic rings. The number of nitrogens with two attached hydrogens (primary N) is 1. The van der Waals surface area contributed by atoms with Crippen LogP contribution in [0.1, 0.15) is 6.42 Å².